The average molecular weight is 258 g/mol. The highest BCUT2D eigenvalue weighted by Gasteiger charge is 2.23. The van der Waals surface area contributed by atoms with E-state index in [0.29, 0.717) is 5.92 Å². The van der Waals surface area contributed by atoms with Crippen molar-refractivity contribution in [3.8, 4) is 0 Å². The molecule has 16 heavy (non-hydrogen) atoms. The Morgan fingerprint density at radius 2 is 1.81 bits per heavy atom. The first-order valence-electron chi connectivity index (χ1n) is 5.89. The van der Waals surface area contributed by atoms with Gasteiger partial charge >= 0.3 is 0 Å². The normalized spacial score (nSPS) is 26.4. The lowest BCUT2D eigenvalue weighted by atomic mass is 9.88. The lowest BCUT2D eigenvalue weighted by molar-refractivity contribution is 0.505. The second kappa shape index (κ2) is 5.39. The van der Waals surface area contributed by atoms with Crippen LogP contribution in [0.1, 0.15) is 43.6 Å². The maximum absolute atomic E-state index is 6.23. The van der Waals surface area contributed by atoms with Crippen molar-refractivity contribution in [3.63, 3.8) is 0 Å². The predicted molar refractivity (Wildman–Crippen MR) is 70.3 cm³/mol. The Bertz CT molecular complexity index is 365. The monoisotopic (exact) mass is 257 g/mol. The highest BCUT2D eigenvalue weighted by molar-refractivity contribution is 6.33. The van der Waals surface area contributed by atoms with Gasteiger partial charge in [-0.3, -0.25) is 0 Å². The maximum atomic E-state index is 6.23. The minimum absolute atomic E-state index is 0.221. The van der Waals surface area contributed by atoms with Crippen LogP contribution in [0.4, 0.5) is 0 Å². The second-order valence-corrected chi connectivity index (χ2v) is 5.42. The van der Waals surface area contributed by atoms with Gasteiger partial charge in [-0.1, -0.05) is 42.5 Å². The van der Waals surface area contributed by atoms with E-state index < -0.39 is 0 Å². The van der Waals surface area contributed by atoms with E-state index in [1.807, 2.05) is 18.2 Å². The molecule has 1 fully saturated rings. The molecule has 1 nitrogen and oxygen atoms in total. The minimum atomic E-state index is 0.221. The van der Waals surface area contributed by atoms with E-state index in [1.165, 1.54) is 19.3 Å². The van der Waals surface area contributed by atoms with Crippen LogP contribution in [-0.2, 0) is 0 Å². The van der Waals surface area contributed by atoms with E-state index in [-0.39, 0.29) is 6.04 Å². The zero-order valence-corrected chi connectivity index (χ0v) is 10.8. The molecule has 0 heterocycles. The van der Waals surface area contributed by atoms with Gasteiger partial charge < -0.3 is 5.73 Å². The van der Waals surface area contributed by atoms with Crippen molar-refractivity contribution in [2.24, 2.45) is 5.73 Å². The fourth-order valence-corrected chi connectivity index (χ4v) is 2.96. The van der Waals surface area contributed by atoms with Crippen molar-refractivity contribution in [1.29, 1.82) is 0 Å². The van der Waals surface area contributed by atoms with Crippen LogP contribution in [0.25, 0.3) is 0 Å². The number of rotatable bonds is 1. The van der Waals surface area contributed by atoms with E-state index in [4.69, 9.17) is 28.9 Å². The van der Waals surface area contributed by atoms with Crippen LogP contribution in [0.5, 0.6) is 0 Å². The van der Waals surface area contributed by atoms with Crippen LogP contribution in [0.15, 0.2) is 18.2 Å². The van der Waals surface area contributed by atoms with Crippen molar-refractivity contribution < 1.29 is 0 Å². The summed E-state index contributed by atoms with van der Waals surface area (Å²) in [7, 11) is 0. The van der Waals surface area contributed by atoms with Gasteiger partial charge in [0.05, 0.1) is 0 Å². The zero-order valence-electron chi connectivity index (χ0n) is 9.26. The molecule has 3 heteroatoms. The first kappa shape index (κ1) is 12.2. The van der Waals surface area contributed by atoms with Gasteiger partial charge in [0.25, 0.3) is 0 Å². The summed E-state index contributed by atoms with van der Waals surface area (Å²) in [4.78, 5) is 0. The lowest BCUT2D eigenvalue weighted by Crippen LogP contribution is -2.27. The average Bonchev–Trinajstić information content (AvgIpc) is 2.47. The topological polar surface area (TPSA) is 26.0 Å². The smallest absolute Gasteiger partial charge is 0.0442 e. The van der Waals surface area contributed by atoms with Gasteiger partial charge in [0.1, 0.15) is 0 Å². The van der Waals surface area contributed by atoms with Gasteiger partial charge in [0.15, 0.2) is 0 Å². The number of nitrogens with two attached hydrogens (primary N) is 1. The summed E-state index contributed by atoms with van der Waals surface area (Å²) < 4.78 is 0. The molecule has 2 N–H and O–H groups in total. The SMILES string of the molecule is N[C@@H]1CCCCC[C@H]1c1cc(Cl)ccc1Cl. The van der Waals surface area contributed by atoms with Crippen molar-refractivity contribution >= 4 is 23.2 Å². The molecule has 0 saturated heterocycles. The van der Waals surface area contributed by atoms with Crippen LogP contribution in [-0.4, -0.2) is 6.04 Å². The maximum Gasteiger partial charge on any atom is 0.0442 e. The summed E-state index contributed by atoms with van der Waals surface area (Å²) in [6.07, 6.45) is 5.97. The molecule has 0 unspecified atom stereocenters. The molecule has 88 valence electrons. The minimum Gasteiger partial charge on any atom is -0.327 e. The van der Waals surface area contributed by atoms with Crippen LogP contribution < -0.4 is 5.73 Å². The van der Waals surface area contributed by atoms with Gasteiger partial charge in [-0.2, -0.15) is 0 Å². The molecule has 1 aromatic carbocycles. The summed E-state index contributed by atoms with van der Waals surface area (Å²) in [5.74, 6) is 0.369. The lowest BCUT2D eigenvalue weighted by Gasteiger charge is -2.23. The highest BCUT2D eigenvalue weighted by Crippen LogP contribution is 2.36. The first-order chi connectivity index (χ1) is 7.68. The zero-order chi connectivity index (χ0) is 11.5. The molecule has 1 saturated carbocycles. The van der Waals surface area contributed by atoms with Gasteiger partial charge in [0, 0.05) is 22.0 Å². The summed E-state index contributed by atoms with van der Waals surface area (Å²) in [6, 6.07) is 5.89. The summed E-state index contributed by atoms with van der Waals surface area (Å²) in [6.45, 7) is 0. The number of halogens is 2. The Balaban J connectivity index is 2.29. The molecule has 1 aliphatic rings. The van der Waals surface area contributed by atoms with Crippen molar-refractivity contribution in [3.05, 3.63) is 33.8 Å². The molecule has 0 aliphatic heterocycles. The number of benzene rings is 1. The van der Waals surface area contributed by atoms with Crippen LogP contribution in [0.3, 0.4) is 0 Å². The Hall–Kier alpha value is -0.240. The third-order valence-corrected chi connectivity index (χ3v) is 4.01. The van der Waals surface area contributed by atoms with E-state index in [9.17, 15) is 0 Å². The van der Waals surface area contributed by atoms with Crippen molar-refractivity contribution in [2.45, 2.75) is 44.1 Å². The third-order valence-electron chi connectivity index (χ3n) is 3.43. The molecule has 0 radical (unpaired) electrons. The Morgan fingerprint density at radius 1 is 1.06 bits per heavy atom. The van der Waals surface area contributed by atoms with Crippen LogP contribution in [0, 0.1) is 0 Å². The fourth-order valence-electron chi connectivity index (χ4n) is 2.52. The molecule has 0 spiro atoms. The molecular formula is C13H17Cl2N. The quantitative estimate of drug-likeness (QED) is 0.744. The van der Waals surface area contributed by atoms with Gasteiger partial charge in [-0.15, -0.1) is 0 Å². The molecule has 0 amide bonds. The van der Waals surface area contributed by atoms with E-state index in [0.717, 1.165) is 28.5 Å². The highest BCUT2D eigenvalue weighted by atomic mass is 35.5. The first-order valence-corrected chi connectivity index (χ1v) is 6.64. The van der Waals surface area contributed by atoms with E-state index in [2.05, 4.69) is 0 Å². The van der Waals surface area contributed by atoms with Crippen molar-refractivity contribution in [2.75, 3.05) is 0 Å². The summed E-state index contributed by atoms with van der Waals surface area (Å²) >= 11 is 12.3. The summed E-state index contributed by atoms with van der Waals surface area (Å²) in [5.41, 5.74) is 7.36. The molecule has 1 aromatic rings. The van der Waals surface area contributed by atoms with Crippen LogP contribution >= 0.6 is 23.2 Å². The predicted octanol–water partition coefficient (Wildman–Crippen LogP) is 4.37. The van der Waals surface area contributed by atoms with Gasteiger partial charge in [-0.05, 0) is 36.6 Å². The molecule has 0 bridgehead atoms. The number of hydrogen-bond acceptors (Lipinski definition) is 1. The fraction of sp³-hybridized carbons (Fsp3) is 0.538. The van der Waals surface area contributed by atoms with Gasteiger partial charge in [-0.25, -0.2) is 0 Å². The van der Waals surface area contributed by atoms with E-state index >= 15 is 0 Å². The molecule has 0 aromatic heterocycles. The van der Waals surface area contributed by atoms with Crippen LogP contribution in [0.2, 0.25) is 10.0 Å². The summed E-state index contributed by atoms with van der Waals surface area (Å²) in [5, 5.41) is 1.54. The largest absolute Gasteiger partial charge is 0.327 e. The number of hydrogen-bond donors (Lipinski definition) is 1. The molecular weight excluding hydrogens is 241 g/mol. The van der Waals surface area contributed by atoms with Crippen molar-refractivity contribution in [1.82, 2.24) is 0 Å². The third kappa shape index (κ3) is 2.71. The molecule has 2 atom stereocenters. The Morgan fingerprint density at radius 3 is 2.62 bits per heavy atom. The second-order valence-electron chi connectivity index (χ2n) is 4.57. The Kier molecular flexibility index (Phi) is 4.12. The molecule has 1 aliphatic carbocycles. The Labute approximate surface area is 107 Å². The van der Waals surface area contributed by atoms with E-state index in [1.54, 1.807) is 0 Å². The van der Waals surface area contributed by atoms with Gasteiger partial charge in [0.2, 0.25) is 0 Å². The molecule has 2 rings (SSSR count). The standard InChI is InChI=1S/C13H17Cl2N/c14-9-6-7-12(15)11(8-9)10-4-2-1-3-5-13(10)16/h6-8,10,13H,1-5,16H2/t10-,13+/m0/s1.